The first-order valence-corrected chi connectivity index (χ1v) is 10.9. The Hall–Kier alpha value is -3.78. The number of nitrogens with one attached hydrogen (secondary N) is 3. The van der Waals surface area contributed by atoms with E-state index < -0.39 is 0 Å². The number of nitrogens with zero attached hydrogens (tertiary/aromatic N) is 1. The molecule has 0 atom stereocenters. The van der Waals surface area contributed by atoms with Gasteiger partial charge in [0.15, 0.2) is 5.16 Å². The van der Waals surface area contributed by atoms with Gasteiger partial charge in [-0.2, -0.15) is 0 Å². The van der Waals surface area contributed by atoms with E-state index in [-0.39, 0.29) is 17.6 Å². The number of carbonyl (C=O) groups excluding carboxylic acids is 2. The SMILES string of the molecule is COc1ccccc1NC(=O)c1ccc(NC(=O)CSc2nc3ccc(C)cc3[nH]2)cc1. The number of aromatic nitrogens is 2. The van der Waals surface area contributed by atoms with Crippen molar-refractivity contribution in [3.8, 4) is 5.75 Å². The first-order valence-electron chi connectivity index (χ1n) is 9.95. The van der Waals surface area contributed by atoms with Crippen molar-refractivity contribution in [2.24, 2.45) is 0 Å². The van der Waals surface area contributed by atoms with E-state index in [4.69, 9.17) is 4.74 Å². The predicted octanol–water partition coefficient (Wildman–Crippen LogP) is 4.86. The highest BCUT2D eigenvalue weighted by Crippen LogP contribution is 2.24. The number of anilines is 2. The van der Waals surface area contributed by atoms with E-state index in [1.807, 2.05) is 37.3 Å². The largest absolute Gasteiger partial charge is 0.495 e. The molecule has 32 heavy (non-hydrogen) atoms. The first kappa shape index (κ1) is 21.5. The van der Waals surface area contributed by atoms with Crippen LogP contribution >= 0.6 is 11.8 Å². The van der Waals surface area contributed by atoms with E-state index >= 15 is 0 Å². The van der Waals surface area contributed by atoms with E-state index in [0.29, 0.717) is 27.8 Å². The number of aryl methyl sites for hydroxylation is 1. The molecular formula is C24H22N4O3S. The normalized spacial score (nSPS) is 10.7. The number of imidazole rings is 1. The quantitative estimate of drug-likeness (QED) is 0.352. The molecule has 0 bridgehead atoms. The van der Waals surface area contributed by atoms with Crippen molar-refractivity contribution in [2.45, 2.75) is 12.1 Å². The highest BCUT2D eigenvalue weighted by atomic mass is 32.2. The van der Waals surface area contributed by atoms with Gasteiger partial charge in [-0.25, -0.2) is 4.98 Å². The van der Waals surface area contributed by atoms with Gasteiger partial charge in [0.1, 0.15) is 5.75 Å². The molecule has 0 saturated heterocycles. The smallest absolute Gasteiger partial charge is 0.255 e. The fourth-order valence-corrected chi connectivity index (χ4v) is 3.83. The summed E-state index contributed by atoms with van der Waals surface area (Å²) in [5.74, 6) is 0.386. The number of H-pyrrole nitrogens is 1. The standard InChI is InChI=1S/C24H22N4O3S/c1-15-7-12-18-20(13-15)28-24(27-18)32-14-22(29)25-17-10-8-16(9-11-17)23(30)26-19-5-3-4-6-21(19)31-2/h3-13H,14H2,1-2H3,(H,25,29)(H,26,30)(H,27,28). The number of benzene rings is 3. The van der Waals surface area contributed by atoms with Crippen molar-refractivity contribution >= 4 is 46.0 Å². The van der Waals surface area contributed by atoms with Crippen LogP contribution in [-0.2, 0) is 4.79 Å². The lowest BCUT2D eigenvalue weighted by atomic mass is 10.2. The predicted molar refractivity (Wildman–Crippen MR) is 128 cm³/mol. The molecule has 1 heterocycles. The fraction of sp³-hybridized carbons (Fsp3) is 0.125. The van der Waals surface area contributed by atoms with Gasteiger partial charge >= 0.3 is 0 Å². The van der Waals surface area contributed by atoms with Crippen molar-refractivity contribution in [1.29, 1.82) is 0 Å². The molecule has 162 valence electrons. The van der Waals surface area contributed by atoms with Crippen molar-refractivity contribution in [3.05, 3.63) is 77.9 Å². The summed E-state index contributed by atoms with van der Waals surface area (Å²) < 4.78 is 5.25. The third-order valence-electron chi connectivity index (χ3n) is 4.74. The Bertz CT molecular complexity index is 1270. The third-order valence-corrected chi connectivity index (χ3v) is 5.61. The minimum Gasteiger partial charge on any atom is -0.495 e. The van der Waals surface area contributed by atoms with Crippen molar-refractivity contribution in [3.63, 3.8) is 0 Å². The van der Waals surface area contributed by atoms with Crippen LogP contribution in [0.25, 0.3) is 11.0 Å². The summed E-state index contributed by atoms with van der Waals surface area (Å²) in [4.78, 5) is 32.5. The second kappa shape index (κ2) is 9.57. The molecule has 0 aliphatic rings. The molecule has 3 aromatic carbocycles. The zero-order valence-electron chi connectivity index (χ0n) is 17.6. The van der Waals surface area contributed by atoms with Crippen LogP contribution in [0.1, 0.15) is 15.9 Å². The Kier molecular flexibility index (Phi) is 6.42. The highest BCUT2D eigenvalue weighted by Gasteiger charge is 2.11. The molecule has 0 aliphatic heterocycles. The van der Waals surface area contributed by atoms with Gasteiger partial charge in [0.05, 0.1) is 29.6 Å². The highest BCUT2D eigenvalue weighted by molar-refractivity contribution is 7.99. The molecule has 0 spiro atoms. The van der Waals surface area contributed by atoms with E-state index in [1.165, 1.54) is 11.8 Å². The average molecular weight is 447 g/mol. The molecule has 4 rings (SSSR count). The van der Waals surface area contributed by atoms with Gasteiger partial charge in [-0.05, 0) is 61.0 Å². The van der Waals surface area contributed by atoms with Gasteiger partial charge in [-0.1, -0.05) is 30.0 Å². The number of methoxy groups -OCH3 is 1. The summed E-state index contributed by atoms with van der Waals surface area (Å²) in [6.45, 7) is 2.02. The van der Waals surface area contributed by atoms with E-state index in [2.05, 4.69) is 20.6 Å². The van der Waals surface area contributed by atoms with Gasteiger partial charge in [-0.3, -0.25) is 9.59 Å². The van der Waals surface area contributed by atoms with Crippen LogP contribution < -0.4 is 15.4 Å². The molecule has 4 aromatic rings. The first-order chi connectivity index (χ1) is 15.5. The minimum atomic E-state index is -0.261. The molecule has 0 saturated carbocycles. The molecular weight excluding hydrogens is 424 g/mol. The maximum Gasteiger partial charge on any atom is 0.255 e. The molecule has 0 unspecified atom stereocenters. The topological polar surface area (TPSA) is 96.1 Å². The van der Waals surface area contributed by atoms with E-state index in [1.54, 1.807) is 43.5 Å². The maximum atomic E-state index is 12.5. The second-order valence-corrected chi connectivity index (χ2v) is 8.10. The zero-order chi connectivity index (χ0) is 22.5. The molecule has 0 radical (unpaired) electrons. The molecule has 0 aliphatic carbocycles. The Morgan fingerprint density at radius 1 is 1.03 bits per heavy atom. The number of hydrogen-bond donors (Lipinski definition) is 3. The summed E-state index contributed by atoms with van der Waals surface area (Å²) in [5, 5.41) is 6.36. The number of rotatable bonds is 7. The summed E-state index contributed by atoms with van der Waals surface area (Å²) in [6.07, 6.45) is 0. The van der Waals surface area contributed by atoms with Gasteiger partial charge in [0, 0.05) is 11.3 Å². The minimum absolute atomic E-state index is 0.155. The monoisotopic (exact) mass is 446 g/mol. The van der Waals surface area contributed by atoms with Crippen LogP contribution in [0.5, 0.6) is 5.75 Å². The lowest BCUT2D eigenvalue weighted by molar-refractivity contribution is -0.113. The lowest BCUT2D eigenvalue weighted by Gasteiger charge is -2.10. The number of carbonyl (C=O) groups is 2. The van der Waals surface area contributed by atoms with Gasteiger partial charge < -0.3 is 20.4 Å². The summed E-state index contributed by atoms with van der Waals surface area (Å²) in [7, 11) is 1.55. The number of aromatic amines is 1. The van der Waals surface area contributed by atoms with Crippen LogP contribution in [0.4, 0.5) is 11.4 Å². The number of fused-ring (bicyclic) bond motifs is 1. The van der Waals surface area contributed by atoms with Crippen LogP contribution in [0.3, 0.4) is 0 Å². The van der Waals surface area contributed by atoms with Crippen molar-refractivity contribution < 1.29 is 14.3 Å². The Balaban J connectivity index is 1.32. The van der Waals surface area contributed by atoms with Gasteiger partial charge in [-0.15, -0.1) is 0 Å². The summed E-state index contributed by atoms with van der Waals surface area (Å²) in [5.41, 5.74) is 4.66. The molecule has 0 fully saturated rings. The number of para-hydroxylation sites is 2. The second-order valence-electron chi connectivity index (χ2n) is 7.13. The number of amides is 2. The van der Waals surface area contributed by atoms with Crippen LogP contribution in [0.15, 0.2) is 71.9 Å². The zero-order valence-corrected chi connectivity index (χ0v) is 18.5. The van der Waals surface area contributed by atoms with Crippen LogP contribution in [-0.4, -0.2) is 34.6 Å². The lowest BCUT2D eigenvalue weighted by Crippen LogP contribution is -2.15. The third kappa shape index (κ3) is 5.09. The summed E-state index contributed by atoms with van der Waals surface area (Å²) in [6, 6.07) is 19.9. The molecule has 2 amide bonds. The van der Waals surface area contributed by atoms with Crippen LogP contribution in [0, 0.1) is 6.92 Å². The number of ether oxygens (including phenoxy) is 1. The fourth-order valence-electron chi connectivity index (χ4n) is 3.15. The van der Waals surface area contributed by atoms with Crippen molar-refractivity contribution in [1.82, 2.24) is 9.97 Å². The van der Waals surface area contributed by atoms with Gasteiger partial charge in [0.25, 0.3) is 5.91 Å². The Labute approximate surface area is 189 Å². The molecule has 3 N–H and O–H groups in total. The van der Waals surface area contributed by atoms with E-state index in [9.17, 15) is 9.59 Å². The number of thioether (sulfide) groups is 1. The van der Waals surface area contributed by atoms with Crippen LogP contribution in [0.2, 0.25) is 0 Å². The molecule has 7 nitrogen and oxygen atoms in total. The van der Waals surface area contributed by atoms with E-state index in [0.717, 1.165) is 16.6 Å². The Morgan fingerprint density at radius 3 is 2.59 bits per heavy atom. The molecule has 1 aromatic heterocycles. The maximum absolute atomic E-state index is 12.5. The summed E-state index contributed by atoms with van der Waals surface area (Å²) >= 11 is 1.34. The van der Waals surface area contributed by atoms with Crippen molar-refractivity contribution in [2.75, 3.05) is 23.5 Å². The Morgan fingerprint density at radius 2 is 1.81 bits per heavy atom. The molecule has 8 heteroatoms. The van der Waals surface area contributed by atoms with Gasteiger partial charge in [0.2, 0.25) is 5.91 Å². The number of hydrogen-bond acceptors (Lipinski definition) is 5. The average Bonchev–Trinajstić information content (AvgIpc) is 3.20.